The Hall–Kier alpha value is -2.36. The molecule has 3 aromatic rings. The first-order valence-corrected chi connectivity index (χ1v) is 6.23. The van der Waals surface area contributed by atoms with E-state index in [1.807, 2.05) is 43.7 Å². The third-order valence-corrected chi connectivity index (χ3v) is 3.19. The van der Waals surface area contributed by atoms with E-state index in [4.69, 9.17) is 0 Å². The second-order valence-electron chi connectivity index (χ2n) is 4.84. The van der Waals surface area contributed by atoms with E-state index in [1.54, 1.807) is 0 Å². The molecule has 3 aromatic heterocycles. The molecule has 0 N–H and O–H groups in total. The Bertz CT molecular complexity index is 728. The molecule has 0 fully saturated rings. The van der Waals surface area contributed by atoms with Gasteiger partial charge in [0.05, 0.1) is 0 Å². The van der Waals surface area contributed by atoms with Crippen LogP contribution in [0.5, 0.6) is 0 Å². The minimum atomic E-state index is 0.973. The number of nitrogens with zero attached hydrogens (tertiary/aromatic N) is 4. The number of fused-ring (bicyclic) bond motifs is 1. The van der Waals surface area contributed by atoms with Gasteiger partial charge in [0.2, 0.25) is 0 Å². The highest BCUT2D eigenvalue weighted by Crippen LogP contribution is 2.28. The van der Waals surface area contributed by atoms with Gasteiger partial charge >= 0.3 is 0 Å². The van der Waals surface area contributed by atoms with Crippen LogP contribution in [0.4, 0.5) is 5.82 Å². The highest BCUT2D eigenvalue weighted by atomic mass is 15.1. The maximum Gasteiger partial charge on any atom is 0.139 e. The number of aromatic nitrogens is 3. The van der Waals surface area contributed by atoms with E-state index in [0.717, 1.165) is 28.2 Å². The van der Waals surface area contributed by atoms with Crippen LogP contribution in [-0.4, -0.2) is 28.5 Å². The zero-order valence-electron chi connectivity index (χ0n) is 11.3. The molecule has 0 radical (unpaired) electrons. The summed E-state index contributed by atoms with van der Waals surface area (Å²) in [6.07, 6.45) is 7.71. The first-order valence-electron chi connectivity index (χ1n) is 6.23. The van der Waals surface area contributed by atoms with Crippen molar-refractivity contribution in [3.63, 3.8) is 0 Å². The molecular weight excluding hydrogens is 236 g/mol. The maximum absolute atomic E-state index is 4.45. The average Bonchev–Trinajstić information content (AvgIpc) is 2.87. The summed E-state index contributed by atoms with van der Waals surface area (Å²) in [6, 6.07) is 6.22. The summed E-state index contributed by atoms with van der Waals surface area (Å²) >= 11 is 0. The Morgan fingerprint density at radius 3 is 2.79 bits per heavy atom. The lowest BCUT2D eigenvalue weighted by molar-refractivity contribution is 1.07. The summed E-state index contributed by atoms with van der Waals surface area (Å²) in [4.78, 5) is 10.8. The number of imidazole rings is 1. The van der Waals surface area contributed by atoms with E-state index in [-0.39, 0.29) is 0 Å². The molecule has 0 aliphatic heterocycles. The summed E-state index contributed by atoms with van der Waals surface area (Å²) in [5.74, 6) is 0.973. The van der Waals surface area contributed by atoms with Crippen LogP contribution in [0.3, 0.4) is 0 Å². The minimum Gasteiger partial charge on any atom is -0.362 e. The Morgan fingerprint density at radius 2 is 2.00 bits per heavy atom. The topological polar surface area (TPSA) is 33.4 Å². The molecule has 3 rings (SSSR count). The van der Waals surface area contributed by atoms with Crippen LogP contribution in [0.2, 0.25) is 0 Å². The molecule has 0 spiro atoms. The molecule has 0 unspecified atom stereocenters. The molecule has 0 aromatic carbocycles. The van der Waals surface area contributed by atoms with Crippen LogP contribution < -0.4 is 4.90 Å². The van der Waals surface area contributed by atoms with Crippen molar-refractivity contribution < 1.29 is 0 Å². The van der Waals surface area contributed by atoms with Gasteiger partial charge in [0.15, 0.2) is 0 Å². The molecule has 4 nitrogen and oxygen atoms in total. The number of hydrogen-bond donors (Lipinski definition) is 0. The van der Waals surface area contributed by atoms with Gasteiger partial charge in [-0.1, -0.05) is 0 Å². The van der Waals surface area contributed by atoms with E-state index in [2.05, 4.69) is 39.6 Å². The predicted octanol–water partition coefficient (Wildman–Crippen LogP) is 2.77. The fourth-order valence-electron chi connectivity index (χ4n) is 2.33. The molecule has 96 valence electrons. The van der Waals surface area contributed by atoms with E-state index in [1.165, 1.54) is 0 Å². The van der Waals surface area contributed by atoms with E-state index >= 15 is 0 Å². The first-order chi connectivity index (χ1) is 9.16. The minimum absolute atomic E-state index is 0.973. The van der Waals surface area contributed by atoms with Gasteiger partial charge in [-0.05, 0) is 30.7 Å². The molecule has 4 heteroatoms. The molecule has 0 saturated carbocycles. The second kappa shape index (κ2) is 4.39. The Kier molecular flexibility index (Phi) is 2.71. The standard InChI is InChI=1S/C15H16N4/c1-11-9-12(10-19-8-7-17-14(11)19)13-5-4-6-16-15(13)18(2)3/h4-10H,1-3H3. The third kappa shape index (κ3) is 1.95. The Morgan fingerprint density at radius 1 is 1.16 bits per heavy atom. The van der Waals surface area contributed by atoms with Gasteiger partial charge in [0, 0.05) is 50.0 Å². The molecule has 19 heavy (non-hydrogen) atoms. The van der Waals surface area contributed by atoms with Gasteiger partial charge < -0.3 is 9.30 Å². The lowest BCUT2D eigenvalue weighted by Crippen LogP contribution is -2.11. The zero-order valence-corrected chi connectivity index (χ0v) is 11.3. The number of rotatable bonds is 2. The lowest BCUT2D eigenvalue weighted by atomic mass is 10.1. The Labute approximate surface area is 112 Å². The predicted molar refractivity (Wildman–Crippen MR) is 77.5 cm³/mol. The number of pyridine rings is 2. The fraction of sp³-hybridized carbons (Fsp3) is 0.200. The van der Waals surface area contributed by atoms with Crippen LogP contribution in [-0.2, 0) is 0 Å². The van der Waals surface area contributed by atoms with Gasteiger partial charge in [0.1, 0.15) is 11.5 Å². The van der Waals surface area contributed by atoms with E-state index in [0.29, 0.717) is 0 Å². The SMILES string of the molecule is Cc1cc(-c2cccnc2N(C)C)cn2ccnc12. The monoisotopic (exact) mass is 252 g/mol. The molecule has 0 bridgehead atoms. The van der Waals surface area contributed by atoms with Crippen LogP contribution in [0.15, 0.2) is 43.0 Å². The van der Waals surface area contributed by atoms with Crippen molar-refractivity contribution in [1.29, 1.82) is 0 Å². The number of hydrogen-bond acceptors (Lipinski definition) is 3. The van der Waals surface area contributed by atoms with Gasteiger partial charge in [-0.25, -0.2) is 9.97 Å². The van der Waals surface area contributed by atoms with Gasteiger partial charge in [0.25, 0.3) is 0 Å². The van der Waals surface area contributed by atoms with Crippen molar-refractivity contribution in [2.75, 3.05) is 19.0 Å². The third-order valence-electron chi connectivity index (χ3n) is 3.19. The molecule has 0 saturated heterocycles. The van der Waals surface area contributed by atoms with Gasteiger partial charge in [-0.15, -0.1) is 0 Å². The lowest BCUT2D eigenvalue weighted by Gasteiger charge is -2.16. The highest BCUT2D eigenvalue weighted by Gasteiger charge is 2.10. The largest absolute Gasteiger partial charge is 0.362 e. The summed E-state index contributed by atoms with van der Waals surface area (Å²) < 4.78 is 2.05. The molecule has 3 heterocycles. The van der Waals surface area contributed by atoms with Crippen LogP contribution in [0.1, 0.15) is 5.56 Å². The fourth-order valence-corrected chi connectivity index (χ4v) is 2.33. The quantitative estimate of drug-likeness (QED) is 0.703. The summed E-state index contributed by atoms with van der Waals surface area (Å²) in [5.41, 5.74) is 4.45. The van der Waals surface area contributed by atoms with Crippen LogP contribution in [0, 0.1) is 6.92 Å². The summed E-state index contributed by atoms with van der Waals surface area (Å²) in [7, 11) is 4.02. The van der Waals surface area contributed by atoms with Crippen LogP contribution >= 0.6 is 0 Å². The second-order valence-corrected chi connectivity index (χ2v) is 4.84. The van der Waals surface area contributed by atoms with Crippen molar-refractivity contribution in [3.8, 4) is 11.1 Å². The molecule has 0 amide bonds. The number of aryl methyl sites for hydroxylation is 1. The summed E-state index contributed by atoms with van der Waals surface area (Å²) in [5, 5.41) is 0. The van der Waals surface area contributed by atoms with Gasteiger partial charge in [-0.3, -0.25) is 0 Å². The van der Waals surface area contributed by atoms with Crippen molar-refractivity contribution in [2.45, 2.75) is 6.92 Å². The Balaban J connectivity index is 2.24. The molecule has 0 aliphatic carbocycles. The highest BCUT2D eigenvalue weighted by molar-refractivity contribution is 5.76. The molecular formula is C15H16N4. The van der Waals surface area contributed by atoms with E-state index in [9.17, 15) is 0 Å². The number of anilines is 1. The smallest absolute Gasteiger partial charge is 0.139 e. The van der Waals surface area contributed by atoms with Crippen molar-refractivity contribution in [1.82, 2.24) is 14.4 Å². The average molecular weight is 252 g/mol. The first kappa shape index (κ1) is 11.7. The zero-order chi connectivity index (χ0) is 13.4. The van der Waals surface area contributed by atoms with Crippen molar-refractivity contribution in [2.24, 2.45) is 0 Å². The van der Waals surface area contributed by atoms with E-state index < -0.39 is 0 Å². The summed E-state index contributed by atoms with van der Waals surface area (Å²) in [6.45, 7) is 2.08. The normalized spacial score (nSPS) is 10.9. The molecule has 0 atom stereocenters. The maximum atomic E-state index is 4.45. The van der Waals surface area contributed by atoms with Crippen molar-refractivity contribution in [3.05, 3.63) is 48.5 Å². The molecule has 0 aliphatic rings. The van der Waals surface area contributed by atoms with Crippen molar-refractivity contribution >= 4 is 11.5 Å². The van der Waals surface area contributed by atoms with Crippen LogP contribution in [0.25, 0.3) is 16.8 Å². The van der Waals surface area contributed by atoms with Gasteiger partial charge in [-0.2, -0.15) is 0 Å².